The van der Waals surface area contributed by atoms with Gasteiger partial charge in [0.05, 0.1) is 11.8 Å². The highest BCUT2D eigenvalue weighted by Crippen LogP contribution is 1.95. The highest BCUT2D eigenvalue weighted by molar-refractivity contribution is 5.99. The van der Waals surface area contributed by atoms with E-state index in [0.717, 1.165) is 0 Å². The molecule has 5 heteroatoms. The van der Waals surface area contributed by atoms with Crippen LogP contribution in [-0.4, -0.2) is 20.8 Å². The lowest BCUT2D eigenvalue weighted by Gasteiger charge is -2.03. The normalized spacial score (nSPS) is 9.71. The van der Waals surface area contributed by atoms with Gasteiger partial charge in [0.25, 0.3) is 5.91 Å². The molecule has 1 N–H and O–H groups in total. The van der Waals surface area contributed by atoms with Gasteiger partial charge in [-0.3, -0.25) is 9.78 Å². The van der Waals surface area contributed by atoms with Crippen molar-refractivity contribution in [3.05, 3.63) is 48.5 Å². The van der Waals surface area contributed by atoms with E-state index in [9.17, 15) is 4.79 Å². The number of rotatable bonds is 2. The minimum absolute atomic E-state index is 0.234. The third kappa shape index (κ3) is 1.77. The Labute approximate surface area is 80.4 Å². The van der Waals surface area contributed by atoms with Gasteiger partial charge in [-0.1, -0.05) is 0 Å². The monoisotopic (exact) mass is 188 g/mol. The van der Waals surface area contributed by atoms with Crippen LogP contribution in [0.5, 0.6) is 0 Å². The van der Waals surface area contributed by atoms with Crippen LogP contribution >= 0.6 is 0 Å². The van der Waals surface area contributed by atoms with Gasteiger partial charge in [-0.05, 0) is 18.2 Å². The first kappa shape index (κ1) is 8.43. The second-order valence-corrected chi connectivity index (χ2v) is 2.63. The van der Waals surface area contributed by atoms with Crippen LogP contribution in [0.2, 0.25) is 0 Å². The number of hydrogen-bond acceptors (Lipinski definition) is 3. The molecule has 2 heterocycles. The van der Waals surface area contributed by atoms with Crippen molar-refractivity contribution in [3.63, 3.8) is 0 Å². The van der Waals surface area contributed by atoms with E-state index >= 15 is 0 Å². The molecule has 0 saturated heterocycles. The maximum atomic E-state index is 11.5. The molecule has 14 heavy (non-hydrogen) atoms. The molecule has 0 spiro atoms. The second-order valence-electron chi connectivity index (χ2n) is 2.63. The number of aromatic nitrogens is 3. The standard InChI is InChI=1S/C9H8N4O/c14-9(8-3-1-4-10-7-8)12-13-6-2-5-11-13/h1-7H,(H,12,14). The number of hydrogen-bond donors (Lipinski definition) is 1. The number of carbonyl (C=O) groups is 1. The third-order valence-corrected chi connectivity index (χ3v) is 1.64. The average Bonchev–Trinajstić information content (AvgIpc) is 2.72. The average molecular weight is 188 g/mol. The van der Waals surface area contributed by atoms with Gasteiger partial charge in [-0.15, -0.1) is 0 Å². The predicted molar refractivity (Wildman–Crippen MR) is 50.2 cm³/mol. The molecular weight excluding hydrogens is 180 g/mol. The summed E-state index contributed by atoms with van der Waals surface area (Å²) in [6, 6.07) is 5.12. The van der Waals surface area contributed by atoms with Crippen LogP contribution < -0.4 is 5.43 Å². The highest BCUT2D eigenvalue weighted by atomic mass is 16.2. The zero-order valence-corrected chi connectivity index (χ0v) is 7.29. The van der Waals surface area contributed by atoms with Crippen LogP contribution in [0.3, 0.4) is 0 Å². The molecule has 0 unspecified atom stereocenters. The molecule has 70 valence electrons. The summed E-state index contributed by atoms with van der Waals surface area (Å²) in [4.78, 5) is 16.7. The van der Waals surface area contributed by atoms with Gasteiger partial charge in [0, 0.05) is 18.6 Å². The zero-order chi connectivity index (χ0) is 9.80. The van der Waals surface area contributed by atoms with Gasteiger partial charge in [-0.2, -0.15) is 9.89 Å². The Balaban J connectivity index is 2.11. The van der Waals surface area contributed by atoms with Crippen LogP contribution in [0, 0.1) is 0 Å². The lowest BCUT2D eigenvalue weighted by Crippen LogP contribution is -2.23. The molecule has 0 aromatic carbocycles. The number of nitrogens with one attached hydrogen (secondary N) is 1. The Morgan fingerprint density at radius 1 is 1.36 bits per heavy atom. The molecule has 5 nitrogen and oxygen atoms in total. The summed E-state index contributed by atoms with van der Waals surface area (Å²) in [5.74, 6) is -0.234. The van der Waals surface area contributed by atoms with Gasteiger partial charge in [0.2, 0.25) is 0 Å². The van der Waals surface area contributed by atoms with Crippen molar-refractivity contribution in [1.82, 2.24) is 14.9 Å². The quantitative estimate of drug-likeness (QED) is 0.753. The summed E-state index contributed by atoms with van der Waals surface area (Å²) < 4.78 is 0. The fourth-order valence-corrected chi connectivity index (χ4v) is 1.00. The summed E-state index contributed by atoms with van der Waals surface area (Å²) in [6.45, 7) is 0. The Morgan fingerprint density at radius 3 is 2.93 bits per heavy atom. The van der Waals surface area contributed by atoms with E-state index in [1.165, 1.54) is 11.0 Å². The summed E-state index contributed by atoms with van der Waals surface area (Å²) in [5, 5.41) is 3.85. The van der Waals surface area contributed by atoms with E-state index in [2.05, 4.69) is 15.5 Å². The maximum Gasteiger partial charge on any atom is 0.272 e. The summed E-state index contributed by atoms with van der Waals surface area (Å²) in [6.07, 6.45) is 6.35. The van der Waals surface area contributed by atoms with Gasteiger partial charge >= 0.3 is 0 Å². The van der Waals surface area contributed by atoms with Gasteiger partial charge in [0.15, 0.2) is 0 Å². The van der Waals surface area contributed by atoms with Crippen molar-refractivity contribution in [3.8, 4) is 0 Å². The first-order chi connectivity index (χ1) is 6.86. The van der Waals surface area contributed by atoms with E-state index in [1.54, 1.807) is 36.8 Å². The van der Waals surface area contributed by atoms with E-state index in [-0.39, 0.29) is 5.91 Å². The number of carbonyl (C=O) groups excluding carboxylic acids is 1. The molecule has 0 aliphatic carbocycles. The molecule has 0 bridgehead atoms. The van der Waals surface area contributed by atoms with Crippen molar-refractivity contribution in [2.75, 3.05) is 5.43 Å². The van der Waals surface area contributed by atoms with E-state index < -0.39 is 0 Å². The molecule has 0 radical (unpaired) electrons. The number of pyridine rings is 1. The first-order valence-corrected chi connectivity index (χ1v) is 4.07. The molecule has 0 atom stereocenters. The zero-order valence-electron chi connectivity index (χ0n) is 7.29. The predicted octanol–water partition coefficient (Wildman–Crippen LogP) is 0.662. The summed E-state index contributed by atoms with van der Waals surface area (Å²) in [7, 11) is 0. The molecule has 0 aliphatic rings. The Morgan fingerprint density at radius 2 is 2.29 bits per heavy atom. The second kappa shape index (κ2) is 3.69. The van der Waals surface area contributed by atoms with Crippen LogP contribution in [0.15, 0.2) is 43.0 Å². The van der Waals surface area contributed by atoms with Crippen molar-refractivity contribution in [2.24, 2.45) is 0 Å². The van der Waals surface area contributed by atoms with E-state index in [4.69, 9.17) is 0 Å². The van der Waals surface area contributed by atoms with Gasteiger partial charge in [-0.25, -0.2) is 5.43 Å². The van der Waals surface area contributed by atoms with Crippen molar-refractivity contribution in [1.29, 1.82) is 0 Å². The molecule has 2 rings (SSSR count). The van der Waals surface area contributed by atoms with Crippen LogP contribution in [0.25, 0.3) is 0 Å². The Hall–Kier alpha value is -2.17. The molecular formula is C9H8N4O. The molecule has 1 amide bonds. The fourth-order valence-electron chi connectivity index (χ4n) is 1.00. The minimum atomic E-state index is -0.234. The molecule has 0 saturated carbocycles. The van der Waals surface area contributed by atoms with Crippen molar-refractivity contribution < 1.29 is 4.79 Å². The minimum Gasteiger partial charge on any atom is -0.267 e. The van der Waals surface area contributed by atoms with Crippen LogP contribution in [0.1, 0.15) is 10.4 Å². The molecule has 2 aromatic heterocycles. The van der Waals surface area contributed by atoms with Gasteiger partial charge in [0.1, 0.15) is 0 Å². The summed E-state index contributed by atoms with van der Waals surface area (Å²) >= 11 is 0. The first-order valence-electron chi connectivity index (χ1n) is 4.07. The molecule has 0 fully saturated rings. The number of amides is 1. The van der Waals surface area contributed by atoms with Crippen molar-refractivity contribution >= 4 is 5.91 Å². The fraction of sp³-hybridized carbons (Fsp3) is 0. The maximum absolute atomic E-state index is 11.5. The molecule has 2 aromatic rings. The highest BCUT2D eigenvalue weighted by Gasteiger charge is 2.04. The topological polar surface area (TPSA) is 59.8 Å². The summed E-state index contributed by atoms with van der Waals surface area (Å²) in [5.41, 5.74) is 3.07. The molecule has 0 aliphatic heterocycles. The third-order valence-electron chi connectivity index (χ3n) is 1.64. The van der Waals surface area contributed by atoms with Crippen LogP contribution in [0.4, 0.5) is 0 Å². The van der Waals surface area contributed by atoms with Crippen LogP contribution in [-0.2, 0) is 0 Å². The lowest BCUT2D eigenvalue weighted by atomic mass is 10.3. The largest absolute Gasteiger partial charge is 0.272 e. The van der Waals surface area contributed by atoms with Gasteiger partial charge < -0.3 is 0 Å². The lowest BCUT2D eigenvalue weighted by molar-refractivity contribution is 0.100. The number of nitrogens with zero attached hydrogens (tertiary/aromatic N) is 3. The van der Waals surface area contributed by atoms with Crippen molar-refractivity contribution in [2.45, 2.75) is 0 Å². The smallest absolute Gasteiger partial charge is 0.267 e. The van der Waals surface area contributed by atoms with E-state index in [1.807, 2.05) is 0 Å². The SMILES string of the molecule is O=C(Nn1cccn1)c1cccnc1. The Bertz CT molecular complexity index is 410. The van der Waals surface area contributed by atoms with E-state index in [0.29, 0.717) is 5.56 Å². The Kier molecular flexibility index (Phi) is 2.22.